The molecule has 0 radical (unpaired) electrons. The summed E-state index contributed by atoms with van der Waals surface area (Å²) >= 11 is 0. The maximum absolute atomic E-state index is 11.5. The first kappa shape index (κ1) is 9.99. The highest BCUT2D eigenvalue weighted by Gasteiger charge is 2.40. The summed E-state index contributed by atoms with van der Waals surface area (Å²) in [6.45, 7) is 0. The first-order valence-corrected chi connectivity index (χ1v) is 2.09. The van der Waals surface area contributed by atoms with E-state index in [-0.39, 0.29) is 0 Å². The van der Waals surface area contributed by atoms with Crippen LogP contribution >= 0.6 is 0 Å². The molecule has 0 spiro atoms. The van der Waals surface area contributed by atoms with Crippen LogP contribution < -0.4 is 0 Å². The van der Waals surface area contributed by atoms with Gasteiger partial charge < -0.3 is 0 Å². The lowest BCUT2D eigenvalue weighted by molar-refractivity contribution is -0.131. The maximum atomic E-state index is 11.5. The fourth-order valence-electron chi connectivity index (χ4n) is 0.211. The van der Waals surface area contributed by atoms with Crippen LogP contribution in [-0.2, 0) is 4.79 Å². The summed E-state index contributed by atoms with van der Waals surface area (Å²) in [7, 11) is 0. The lowest BCUT2D eigenvalue weighted by Crippen LogP contribution is -2.11. The molecule has 0 aliphatic rings. The number of hydrogen-bond acceptors (Lipinski definition) is 1. The van der Waals surface area contributed by atoms with Gasteiger partial charge in [-0.15, -0.1) is 0 Å². The van der Waals surface area contributed by atoms with Crippen molar-refractivity contribution in [3.8, 4) is 0 Å². The molecule has 0 bridgehead atoms. The molecule has 0 amide bonds. The van der Waals surface area contributed by atoms with Gasteiger partial charge >= 0.3 is 12.2 Å². The van der Waals surface area contributed by atoms with Gasteiger partial charge in [-0.3, -0.25) is 4.79 Å². The van der Waals surface area contributed by atoms with Gasteiger partial charge in [0.25, 0.3) is 0 Å². The fourth-order valence-corrected chi connectivity index (χ4v) is 0.211. The first-order chi connectivity index (χ1) is 4.76. The van der Waals surface area contributed by atoms with Crippen molar-refractivity contribution in [1.29, 1.82) is 0 Å². The average Bonchev–Trinajstić information content (AvgIpc) is 1.82. The van der Waals surface area contributed by atoms with E-state index in [1.165, 1.54) is 0 Å². The molecule has 0 aromatic rings. The third-order valence-corrected chi connectivity index (χ3v) is 0.614. The van der Waals surface area contributed by atoms with Crippen molar-refractivity contribution < 1.29 is 31.1 Å². The molecule has 0 atom stereocenters. The van der Waals surface area contributed by atoms with Crippen molar-refractivity contribution >= 4 is 6.04 Å². The second kappa shape index (κ2) is 2.93. The number of allylic oxidation sites excluding steroid dienone is 2. The van der Waals surface area contributed by atoms with Crippen molar-refractivity contribution in [2.75, 3.05) is 0 Å². The van der Waals surface area contributed by atoms with Crippen molar-refractivity contribution in [2.45, 2.75) is 6.18 Å². The molecule has 11 heavy (non-hydrogen) atoms. The topological polar surface area (TPSA) is 17.1 Å². The SMILES string of the molecule is O=C(F)/C(F)=C(/F)C(F)(F)F. The predicted molar refractivity (Wildman–Crippen MR) is 21.4 cm³/mol. The van der Waals surface area contributed by atoms with Gasteiger partial charge in [0, 0.05) is 0 Å². The minimum Gasteiger partial charge on any atom is -0.253 e. The Hall–Kier alpha value is -1.01. The van der Waals surface area contributed by atoms with Crippen LogP contribution in [0.25, 0.3) is 0 Å². The second-order valence-electron chi connectivity index (χ2n) is 1.40. The molecule has 1 nitrogen and oxygen atoms in total. The Morgan fingerprint density at radius 1 is 1.00 bits per heavy atom. The Labute approximate surface area is 56.3 Å². The van der Waals surface area contributed by atoms with Crippen LogP contribution in [0.5, 0.6) is 0 Å². The van der Waals surface area contributed by atoms with E-state index >= 15 is 0 Å². The second-order valence-corrected chi connectivity index (χ2v) is 1.40. The van der Waals surface area contributed by atoms with Gasteiger partial charge in [0.1, 0.15) is 0 Å². The molecule has 0 N–H and O–H groups in total. The van der Waals surface area contributed by atoms with Gasteiger partial charge in [0.05, 0.1) is 0 Å². The summed E-state index contributed by atoms with van der Waals surface area (Å²) in [4.78, 5) is 9.19. The van der Waals surface area contributed by atoms with Gasteiger partial charge in [-0.25, -0.2) is 0 Å². The number of rotatable bonds is 1. The van der Waals surface area contributed by atoms with Gasteiger partial charge in [-0.1, -0.05) is 0 Å². The molecular weight excluding hydrogens is 178 g/mol. The lowest BCUT2D eigenvalue weighted by atomic mass is 10.4. The molecule has 64 valence electrons. The van der Waals surface area contributed by atoms with E-state index in [2.05, 4.69) is 0 Å². The molecule has 7 heteroatoms. The summed E-state index contributed by atoms with van der Waals surface area (Å²) in [6, 6.07) is -3.08. The van der Waals surface area contributed by atoms with E-state index in [0.717, 1.165) is 0 Å². The summed E-state index contributed by atoms with van der Waals surface area (Å²) in [5, 5.41) is 0. The predicted octanol–water partition coefficient (Wildman–Crippen LogP) is 2.20. The first-order valence-electron chi connectivity index (χ1n) is 2.09. The number of carbonyl (C=O) groups is 1. The number of halogens is 6. The van der Waals surface area contributed by atoms with Gasteiger partial charge in [0.2, 0.25) is 11.7 Å². The maximum Gasteiger partial charge on any atom is 0.446 e. The van der Waals surface area contributed by atoms with Gasteiger partial charge in [0.15, 0.2) is 0 Å². The minimum absolute atomic E-state index is 3.06. The zero-order valence-corrected chi connectivity index (χ0v) is 4.68. The van der Waals surface area contributed by atoms with Crippen molar-refractivity contribution in [3.05, 3.63) is 11.7 Å². The molecule has 0 saturated carbocycles. The fraction of sp³-hybridized carbons (Fsp3) is 0.250. The van der Waals surface area contributed by atoms with Crippen LogP contribution in [0.2, 0.25) is 0 Å². The average molecular weight is 178 g/mol. The monoisotopic (exact) mass is 178 g/mol. The van der Waals surface area contributed by atoms with Crippen molar-refractivity contribution in [3.63, 3.8) is 0 Å². The van der Waals surface area contributed by atoms with Crippen molar-refractivity contribution in [2.24, 2.45) is 0 Å². The molecule has 0 rings (SSSR count). The molecule has 0 fully saturated rings. The molecule has 0 aromatic carbocycles. The zero-order valence-electron chi connectivity index (χ0n) is 4.68. The standard InChI is InChI=1S/C4F6O/c5-1(3(7)11)2(6)4(8,9)10/b2-1-. The van der Waals surface area contributed by atoms with Gasteiger partial charge in [-0.2, -0.15) is 26.3 Å². The Morgan fingerprint density at radius 3 is 1.45 bits per heavy atom. The summed E-state index contributed by atoms with van der Waals surface area (Å²) in [5.41, 5.74) is 0. The Kier molecular flexibility index (Phi) is 2.66. The normalized spacial score (nSPS) is 14.4. The van der Waals surface area contributed by atoms with Crippen LogP contribution in [0.15, 0.2) is 11.7 Å². The van der Waals surface area contributed by atoms with E-state index in [9.17, 15) is 31.1 Å². The minimum atomic E-state index is -5.66. The Balaban J connectivity index is 4.82. The Bertz CT molecular complexity index is 201. The lowest BCUT2D eigenvalue weighted by Gasteiger charge is -2.00. The molecule has 0 unspecified atom stereocenters. The highest BCUT2D eigenvalue weighted by Crippen LogP contribution is 2.29. The van der Waals surface area contributed by atoms with Crippen LogP contribution in [0, 0.1) is 0 Å². The number of hydrogen-bond donors (Lipinski definition) is 0. The quantitative estimate of drug-likeness (QED) is 0.341. The van der Waals surface area contributed by atoms with E-state index in [4.69, 9.17) is 0 Å². The van der Waals surface area contributed by atoms with Crippen LogP contribution in [-0.4, -0.2) is 12.2 Å². The highest BCUT2D eigenvalue weighted by molar-refractivity contribution is 5.85. The third kappa shape index (κ3) is 2.60. The molecule has 0 heterocycles. The van der Waals surface area contributed by atoms with E-state index in [1.807, 2.05) is 0 Å². The third-order valence-electron chi connectivity index (χ3n) is 0.614. The molecular formula is C4F6O. The summed E-state index contributed by atoms with van der Waals surface area (Å²) in [6.07, 6.45) is -5.66. The highest BCUT2D eigenvalue weighted by atomic mass is 19.4. The number of carbonyl (C=O) groups excluding carboxylic acids is 1. The van der Waals surface area contributed by atoms with E-state index < -0.39 is 23.9 Å². The Morgan fingerprint density at radius 2 is 1.36 bits per heavy atom. The molecule has 0 saturated heterocycles. The largest absolute Gasteiger partial charge is 0.446 e. The summed E-state index contributed by atoms with van der Waals surface area (Å²) in [5.74, 6) is -6.41. The summed E-state index contributed by atoms with van der Waals surface area (Å²) < 4.78 is 67.2. The molecule has 0 aliphatic heterocycles. The van der Waals surface area contributed by atoms with Gasteiger partial charge in [-0.05, 0) is 0 Å². The smallest absolute Gasteiger partial charge is 0.253 e. The molecule has 0 aromatic heterocycles. The zero-order chi connectivity index (χ0) is 9.23. The molecule has 0 aliphatic carbocycles. The van der Waals surface area contributed by atoms with Crippen LogP contribution in [0.3, 0.4) is 0 Å². The number of alkyl halides is 3. The van der Waals surface area contributed by atoms with E-state index in [0.29, 0.717) is 0 Å². The van der Waals surface area contributed by atoms with Crippen LogP contribution in [0.4, 0.5) is 26.3 Å². The van der Waals surface area contributed by atoms with E-state index in [1.54, 1.807) is 0 Å². The van der Waals surface area contributed by atoms with Crippen LogP contribution in [0.1, 0.15) is 0 Å². The van der Waals surface area contributed by atoms with Crippen molar-refractivity contribution in [1.82, 2.24) is 0 Å².